The summed E-state index contributed by atoms with van der Waals surface area (Å²) in [5.41, 5.74) is 0. The molecule has 0 amide bonds. The van der Waals surface area contributed by atoms with Gasteiger partial charge in [-0.2, -0.15) is 0 Å². The predicted octanol–water partition coefficient (Wildman–Crippen LogP) is 3.57. The second kappa shape index (κ2) is 7.09. The first-order valence-corrected chi connectivity index (χ1v) is 5.42. The molecule has 0 bridgehead atoms. The summed E-state index contributed by atoms with van der Waals surface area (Å²) >= 11 is 0. The van der Waals surface area contributed by atoms with Gasteiger partial charge in [-0.1, -0.05) is 19.8 Å². The highest BCUT2D eigenvalue weighted by atomic mass is 19.5. The van der Waals surface area contributed by atoms with Gasteiger partial charge >= 0.3 is 7.25 Å². The van der Waals surface area contributed by atoms with E-state index in [-0.39, 0.29) is 0 Å². The van der Waals surface area contributed by atoms with E-state index in [9.17, 15) is 17.3 Å². The molecule has 1 heterocycles. The van der Waals surface area contributed by atoms with Crippen LogP contribution in [0.2, 0.25) is 0 Å². The van der Waals surface area contributed by atoms with Crippen LogP contribution in [0.15, 0.2) is 0 Å². The van der Waals surface area contributed by atoms with Gasteiger partial charge < -0.3 is 22.2 Å². The number of likely N-dealkylation sites (tertiary alicyclic amines) is 1. The van der Waals surface area contributed by atoms with Gasteiger partial charge in [0.15, 0.2) is 0 Å². The molecule has 1 saturated heterocycles. The lowest BCUT2D eigenvalue weighted by Gasteiger charge is -2.18. The Balaban J connectivity index is 0.000000336. The molecule has 1 rings (SSSR count). The predicted molar refractivity (Wildman–Crippen MR) is 55.4 cm³/mol. The van der Waals surface area contributed by atoms with Crippen molar-refractivity contribution in [3.05, 3.63) is 0 Å². The third kappa shape index (κ3) is 10.0. The third-order valence-electron chi connectivity index (χ3n) is 2.56. The van der Waals surface area contributed by atoms with Crippen molar-refractivity contribution in [3.63, 3.8) is 0 Å². The fraction of sp³-hybridized carbons (Fsp3) is 1.00. The minimum Gasteiger partial charge on any atom is -0.418 e. The van der Waals surface area contributed by atoms with Crippen molar-refractivity contribution in [2.75, 3.05) is 13.6 Å². The van der Waals surface area contributed by atoms with E-state index >= 15 is 0 Å². The molecule has 1 unspecified atom stereocenters. The fourth-order valence-electron chi connectivity index (χ4n) is 1.78. The summed E-state index contributed by atoms with van der Waals surface area (Å²) in [6.45, 7) is 3.60. The molecule has 1 fully saturated rings. The molecule has 0 N–H and O–H groups in total. The average Bonchev–Trinajstić information content (AvgIpc) is 2.45. The lowest BCUT2D eigenvalue weighted by Crippen LogP contribution is -2.24. The van der Waals surface area contributed by atoms with Gasteiger partial charge in [0.1, 0.15) is 0 Å². The largest absolute Gasteiger partial charge is 0.673 e. The zero-order chi connectivity index (χ0) is 11.9. The van der Waals surface area contributed by atoms with Crippen LogP contribution in [0, 0.1) is 0 Å². The normalized spacial score (nSPS) is 22.4. The minimum atomic E-state index is -6.00. The van der Waals surface area contributed by atoms with E-state index in [1.54, 1.807) is 0 Å². The summed E-state index contributed by atoms with van der Waals surface area (Å²) in [5.74, 6) is 0. The molecule has 15 heavy (non-hydrogen) atoms. The van der Waals surface area contributed by atoms with Gasteiger partial charge in [0.2, 0.25) is 0 Å². The monoisotopic (exact) mass is 228 g/mol. The summed E-state index contributed by atoms with van der Waals surface area (Å²) in [7, 11) is -3.74. The summed E-state index contributed by atoms with van der Waals surface area (Å²) in [6.07, 6.45) is 7.05. The highest BCUT2D eigenvalue weighted by Gasteiger charge is 2.20. The highest BCUT2D eigenvalue weighted by Crippen LogP contribution is 2.19. The van der Waals surface area contributed by atoms with E-state index in [0.29, 0.717) is 0 Å². The zero-order valence-electron chi connectivity index (χ0n) is 9.36. The fourth-order valence-corrected chi connectivity index (χ4v) is 1.78. The van der Waals surface area contributed by atoms with E-state index in [0.717, 1.165) is 6.04 Å². The molecule has 6 heteroatoms. The van der Waals surface area contributed by atoms with E-state index in [2.05, 4.69) is 18.9 Å². The second-order valence-electron chi connectivity index (χ2n) is 3.91. The Morgan fingerprint density at radius 2 is 1.80 bits per heavy atom. The van der Waals surface area contributed by atoms with Gasteiger partial charge in [0.05, 0.1) is 0 Å². The molecule has 0 aromatic rings. The second-order valence-corrected chi connectivity index (χ2v) is 3.91. The van der Waals surface area contributed by atoms with E-state index < -0.39 is 7.25 Å². The summed E-state index contributed by atoms with van der Waals surface area (Å²) in [6, 6.07) is 0.917. The Hall–Kier alpha value is -0.255. The zero-order valence-corrected chi connectivity index (χ0v) is 9.36. The van der Waals surface area contributed by atoms with Gasteiger partial charge in [-0.15, -0.1) is 0 Å². The molecular weight excluding hydrogens is 209 g/mol. The molecule has 0 aromatic carbocycles. The third-order valence-corrected chi connectivity index (χ3v) is 2.56. The number of nitrogens with zero attached hydrogens (tertiary/aromatic N) is 1. The molecule has 1 aliphatic heterocycles. The maximum absolute atomic E-state index is 9.75. The van der Waals surface area contributed by atoms with Crippen LogP contribution in [-0.4, -0.2) is 31.8 Å². The Kier molecular flexibility index (Phi) is 6.97. The number of unbranched alkanes of at least 4 members (excludes halogenated alkanes) is 1. The van der Waals surface area contributed by atoms with Gasteiger partial charge in [0, 0.05) is 6.04 Å². The Morgan fingerprint density at radius 1 is 1.27 bits per heavy atom. The molecular formula is C9H19BF4N-. The van der Waals surface area contributed by atoms with Crippen molar-refractivity contribution in [3.8, 4) is 0 Å². The molecule has 0 aromatic heterocycles. The number of hydrogen-bond donors (Lipinski definition) is 0. The molecule has 1 nitrogen and oxygen atoms in total. The quantitative estimate of drug-likeness (QED) is 0.527. The van der Waals surface area contributed by atoms with E-state index in [1.165, 1.54) is 38.6 Å². The lowest BCUT2D eigenvalue weighted by atomic mass is 10.1. The maximum Gasteiger partial charge on any atom is 0.673 e. The van der Waals surface area contributed by atoms with E-state index in [1.807, 2.05) is 0 Å². The smallest absolute Gasteiger partial charge is 0.418 e. The Labute approximate surface area is 88.9 Å². The lowest BCUT2D eigenvalue weighted by molar-refractivity contribution is 0.291. The van der Waals surface area contributed by atoms with Crippen LogP contribution in [0.1, 0.15) is 39.0 Å². The van der Waals surface area contributed by atoms with Crippen molar-refractivity contribution < 1.29 is 17.3 Å². The van der Waals surface area contributed by atoms with Gasteiger partial charge in [-0.25, -0.2) is 0 Å². The van der Waals surface area contributed by atoms with Crippen LogP contribution in [0.4, 0.5) is 17.3 Å². The van der Waals surface area contributed by atoms with Crippen molar-refractivity contribution in [1.82, 2.24) is 4.90 Å². The van der Waals surface area contributed by atoms with Crippen molar-refractivity contribution in [2.45, 2.75) is 45.1 Å². The first kappa shape index (κ1) is 14.7. The minimum absolute atomic E-state index is 0.917. The average molecular weight is 228 g/mol. The summed E-state index contributed by atoms with van der Waals surface area (Å²) in [4.78, 5) is 2.51. The van der Waals surface area contributed by atoms with Crippen LogP contribution in [0.3, 0.4) is 0 Å². The standard InChI is InChI=1S/C9H19N.BF4/c1-3-4-6-9-7-5-8-10(9)2;2-1(3,4)5/h9H,3-8H2,1-2H3;/q;-1. The van der Waals surface area contributed by atoms with Crippen LogP contribution in [0.5, 0.6) is 0 Å². The summed E-state index contributed by atoms with van der Waals surface area (Å²) in [5, 5.41) is 0. The number of rotatable bonds is 3. The first-order valence-electron chi connectivity index (χ1n) is 5.42. The van der Waals surface area contributed by atoms with Crippen molar-refractivity contribution in [2.24, 2.45) is 0 Å². The van der Waals surface area contributed by atoms with Crippen molar-refractivity contribution >= 4 is 7.25 Å². The first-order chi connectivity index (χ1) is 6.84. The molecule has 1 atom stereocenters. The van der Waals surface area contributed by atoms with Gasteiger partial charge in [-0.3, -0.25) is 0 Å². The SMILES string of the molecule is CCCCC1CCCN1C.F[B-](F)(F)F. The highest BCUT2D eigenvalue weighted by molar-refractivity contribution is 6.50. The molecule has 1 aliphatic rings. The van der Waals surface area contributed by atoms with Crippen molar-refractivity contribution in [1.29, 1.82) is 0 Å². The Morgan fingerprint density at radius 3 is 2.13 bits per heavy atom. The Bertz CT molecular complexity index is 157. The van der Waals surface area contributed by atoms with Gasteiger partial charge in [-0.05, 0) is 32.9 Å². The van der Waals surface area contributed by atoms with Crippen LogP contribution < -0.4 is 0 Å². The molecule has 0 radical (unpaired) electrons. The van der Waals surface area contributed by atoms with Crippen LogP contribution in [0.25, 0.3) is 0 Å². The number of hydrogen-bond acceptors (Lipinski definition) is 1. The molecule has 0 saturated carbocycles. The van der Waals surface area contributed by atoms with Crippen LogP contribution in [-0.2, 0) is 0 Å². The number of halogens is 4. The van der Waals surface area contributed by atoms with Gasteiger partial charge in [0.25, 0.3) is 0 Å². The maximum atomic E-state index is 9.75. The summed E-state index contributed by atoms with van der Waals surface area (Å²) < 4.78 is 39.0. The topological polar surface area (TPSA) is 3.24 Å². The molecule has 0 aliphatic carbocycles. The molecule has 0 spiro atoms. The van der Waals surface area contributed by atoms with Crippen LogP contribution >= 0.6 is 0 Å². The molecule has 92 valence electrons. The van der Waals surface area contributed by atoms with E-state index in [4.69, 9.17) is 0 Å².